The van der Waals surface area contributed by atoms with Crippen molar-refractivity contribution in [3.63, 3.8) is 0 Å². The molecule has 4 rings (SSSR count). The summed E-state index contributed by atoms with van der Waals surface area (Å²) in [7, 11) is 0. The Morgan fingerprint density at radius 2 is 1.77 bits per heavy atom. The van der Waals surface area contributed by atoms with Crippen molar-refractivity contribution in [3.8, 4) is 0 Å². The Bertz CT molecular complexity index is 947. The van der Waals surface area contributed by atoms with Crippen LogP contribution in [0.2, 0.25) is 0 Å². The topological polar surface area (TPSA) is 52.7 Å². The minimum absolute atomic E-state index is 0.00474. The highest BCUT2D eigenvalue weighted by Crippen LogP contribution is 2.34. The first-order valence-corrected chi connectivity index (χ1v) is 10.9. The molecule has 30 heavy (non-hydrogen) atoms. The van der Waals surface area contributed by atoms with E-state index in [1.165, 1.54) is 16.7 Å². The van der Waals surface area contributed by atoms with Crippen LogP contribution < -0.4 is 10.2 Å². The summed E-state index contributed by atoms with van der Waals surface area (Å²) >= 11 is 0. The largest absolute Gasteiger partial charge is 0.325 e. The van der Waals surface area contributed by atoms with Gasteiger partial charge >= 0.3 is 0 Å². The van der Waals surface area contributed by atoms with Gasteiger partial charge in [-0.2, -0.15) is 0 Å². The van der Waals surface area contributed by atoms with Crippen LogP contribution in [0, 0.1) is 19.8 Å². The summed E-state index contributed by atoms with van der Waals surface area (Å²) in [4.78, 5) is 29.8. The molecule has 2 aliphatic rings. The highest BCUT2D eigenvalue weighted by Gasteiger charge is 2.36. The van der Waals surface area contributed by atoms with Gasteiger partial charge in [-0.15, -0.1) is 0 Å². The average molecular weight is 406 g/mol. The number of benzene rings is 2. The molecule has 2 aromatic rings. The molecule has 2 aromatic carbocycles. The van der Waals surface area contributed by atoms with Gasteiger partial charge in [0.15, 0.2) is 0 Å². The smallest absolute Gasteiger partial charge is 0.238 e. The van der Waals surface area contributed by atoms with Crippen molar-refractivity contribution in [1.29, 1.82) is 0 Å². The second-order valence-corrected chi connectivity index (χ2v) is 8.79. The third-order valence-corrected chi connectivity index (χ3v) is 6.54. The second-order valence-electron chi connectivity index (χ2n) is 8.79. The van der Waals surface area contributed by atoms with Gasteiger partial charge in [0, 0.05) is 23.3 Å². The van der Waals surface area contributed by atoms with Crippen molar-refractivity contribution in [3.05, 3.63) is 59.2 Å². The Morgan fingerprint density at radius 1 is 1.03 bits per heavy atom. The van der Waals surface area contributed by atoms with E-state index in [4.69, 9.17) is 0 Å². The summed E-state index contributed by atoms with van der Waals surface area (Å²) in [6.07, 6.45) is 2.54. The lowest BCUT2D eigenvalue weighted by Crippen LogP contribution is -2.46. The van der Waals surface area contributed by atoms with Crippen molar-refractivity contribution >= 4 is 23.2 Å². The number of para-hydroxylation sites is 1. The Balaban J connectivity index is 1.30. The van der Waals surface area contributed by atoms with Crippen molar-refractivity contribution in [2.75, 3.05) is 29.9 Å². The van der Waals surface area contributed by atoms with Crippen LogP contribution in [-0.4, -0.2) is 42.4 Å². The molecule has 0 aliphatic carbocycles. The van der Waals surface area contributed by atoms with Crippen molar-refractivity contribution in [1.82, 2.24) is 4.90 Å². The highest BCUT2D eigenvalue weighted by atomic mass is 16.2. The van der Waals surface area contributed by atoms with E-state index in [1.54, 1.807) is 0 Å². The summed E-state index contributed by atoms with van der Waals surface area (Å²) in [6, 6.07) is 14.4. The number of carbonyl (C=O) groups excluding carboxylic acids is 2. The molecule has 2 amide bonds. The van der Waals surface area contributed by atoms with Crippen LogP contribution in [0.4, 0.5) is 11.4 Å². The molecule has 1 saturated heterocycles. The minimum Gasteiger partial charge on any atom is -0.325 e. The molecular formula is C25H31N3O2. The Morgan fingerprint density at radius 3 is 2.50 bits per heavy atom. The van der Waals surface area contributed by atoms with Crippen molar-refractivity contribution in [2.24, 2.45) is 5.92 Å². The number of rotatable bonds is 4. The SMILES string of the molecule is Cc1ccc(NC(=O)CN2CCC(C(=O)N3c4ccccc4CC3C)CC2)cc1C. The lowest BCUT2D eigenvalue weighted by Gasteiger charge is -2.34. The van der Waals surface area contributed by atoms with Gasteiger partial charge in [-0.25, -0.2) is 0 Å². The molecule has 0 saturated carbocycles. The number of hydrogen-bond acceptors (Lipinski definition) is 3. The van der Waals surface area contributed by atoms with Gasteiger partial charge in [0.1, 0.15) is 0 Å². The maximum absolute atomic E-state index is 13.2. The number of anilines is 2. The van der Waals surface area contributed by atoms with Gasteiger partial charge in [0.25, 0.3) is 0 Å². The standard InChI is InChI=1S/C25H31N3O2/c1-17-8-9-22(14-18(17)2)26-24(29)16-27-12-10-20(11-13-27)25(30)28-19(3)15-21-6-4-5-7-23(21)28/h4-9,14,19-20H,10-13,15-16H2,1-3H3,(H,26,29). The lowest BCUT2D eigenvalue weighted by atomic mass is 9.94. The molecule has 2 heterocycles. The fourth-order valence-corrected chi connectivity index (χ4v) is 4.66. The van der Waals surface area contributed by atoms with Crippen LogP contribution in [0.15, 0.2) is 42.5 Å². The minimum atomic E-state index is 0.00474. The van der Waals surface area contributed by atoms with Crippen LogP contribution in [-0.2, 0) is 16.0 Å². The first kappa shape index (κ1) is 20.6. The Kier molecular flexibility index (Phi) is 5.91. The van der Waals surface area contributed by atoms with Crippen LogP contribution in [0.3, 0.4) is 0 Å². The van der Waals surface area contributed by atoms with Crippen LogP contribution in [0.5, 0.6) is 0 Å². The number of hydrogen-bond donors (Lipinski definition) is 1. The highest BCUT2D eigenvalue weighted by molar-refractivity contribution is 5.97. The molecule has 5 heteroatoms. The van der Waals surface area contributed by atoms with Crippen LogP contribution in [0.1, 0.15) is 36.5 Å². The molecule has 0 aromatic heterocycles. The van der Waals surface area contributed by atoms with Crippen LogP contribution in [0.25, 0.3) is 0 Å². The number of nitrogens with one attached hydrogen (secondary N) is 1. The zero-order chi connectivity index (χ0) is 21.3. The number of piperidine rings is 1. The maximum atomic E-state index is 13.2. The normalized spacial score (nSPS) is 19.6. The second kappa shape index (κ2) is 8.60. The van der Waals surface area contributed by atoms with E-state index in [9.17, 15) is 9.59 Å². The van der Waals surface area contributed by atoms with E-state index in [2.05, 4.69) is 36.2 Å². The van der Waals surface area contributed by atoms with Gasteiger partial charge in [0.05, 0.1) is 6.54 Å². The van der Waals surface area contributed by atoms with E-state index in [-0.39, 0.29) is 23.8 Å². The van der Waals surface area contributed by atoms with Crippen molar-refractivity contribution < 1.29 is 9.59 Å². The van der Waals surface area contributed by atoms with Gasteiger partial charge in [0.2, 0.25) is 11.8 Å². The number of aryl methyl sites for hydroxylation is 2. The zero-order valence-electron chi connectivity index (χ0n) is 18.1. The summed E-state index contributed by atoms with van der Waals surface area (Å²) in [5, 5.41) is 3.00. The number of fused-ring (bicyclic) bond motifs is 1. The van der Waals surface area contributed by atoms with E-state index in [1.807, 2.05) is 42.2 Å². The quantitative estimate of drug-likeness (QED) is 0.839. The van der Waals surface area contributed by atoms with E-state index in [0.29, 0.717) is 6.54 Å². The zero-order valence-corrected chi connectivity index (χ0v) is 18.1. The fraction of sp³-hybridized carbons (Fsp3) is 0.440. The molecule has 158 valence electrons. The van der Waals surface area contributed by atoms with Crippen LogP contribution >= 0.6 is 0 Å². The Hall–Kier alpha value is -2.66. The summed E-state index contributed by atoms with van der Waals surface area (Å²) in [6.45, 7) is 8.17. The predicted molar refractivity (Wildman–Crippen MR) is 121 cm³/mol. The molecule has 0 radical (unpaired) electrons. The molecule has 1 atom stereocenters. The molecule has 1 fully saturated rings. The summed E-state index contributed by atoms with van der Waals surface area (Å²) < 4.78 is 0. The number of likely N-dealkylation sites (tertiary alicyclic amines) is 1. The molecule has 2 aliphatic heterocycles. The molecular weight excluding hydrogens is 374 g/mol. The van der Waals surface area contributed by atoms with E-state index < -0.39 is 0 Å². The van der Waals surface area contributed by atoms with E-state index >= 15 is 0 Å². The maximum Gasteiger partial charge on any atom is 0.238 e. The van der Waals surface area contributed by atoms with Gasteiger partial charge in [-0.3, -0.25) is 14.5 Å². The van der Waals surface area contributed by atoms with Crippen molar-refractivity contribution in [2.45, 2.75) is 46.1 Å². The fourth-order valence-electron chi connectivity index (χ4n) is 4.66. The molecule has 1 unspecified atom stereocenters. The predicted octanol–water partition coefficient (Wildman–Crippen LogP) is 3.93. The third kappa shape index (κ3) is 4.26. The lowest BCUT2D eigenvalue weighted by molar-refractivity contribution is -0.124. The Labute approximate surface area is 179 Å². The molecule has 0 spiro atoms. The first-order chi connectivity index (χ1) is 14.4. The number of carbonyl (C=O) groups is 2. The average Bonchev–Trinajstić information content (AvgIpc) is 3.06. The van der Waals surface area contributed by atoms with Gasteiger partial charge in [-0.05, 0) is 88.0 Å². The third-order valence-electron chi connectivity index (χ3n) is 6.54. The molecule has 5 nitrogen and oxygen atoms in total. The molecule has 1 N–H and O–H groups in total. The first-order valence-electron chi connectivity index (χ1n) is 10.9. The van der Waals surface area contributed by atoms with Gasteiger partial charge in [-0.1, -0.05) is 24.3 Å². The number of amides is 2. The van der Waals surface area contributed by atoms with Gasteiger partial charge < -0.3 is 10.2 Å². The monoisotopic (exact) mass is 405 g/mol. The molecule has 0 bridgehead atoms. The summed E-state index contributed by atoms with van der Waals surface area (Å²) in [5.41, 5.74) is 5.57. The number of nitrogens with zero attached hydrogens (tertiary/aromatic N) is 2. The van der Waals surface area contributed by atoms with E-state index in [0.717, 1.165) is 43.7 Å². The summed E-state index contributed by atoms with van der Waals surface area (Å²) in [5.74, 6) is 0.287.